The van der Waals surface area contributed by atoms with Crippen molar-refractivity contribution < 1.29 is 0 Å². The van der Waals surface area contributed by atoms with E-state index in [1.165, 1.54) is 18.4 Å². The zero-order chi connectivity index (χ0) is 9.35. The maximum absolute atomic E-state index is 2.39. The van der Waals surface area contributed by atoms with Crippen LogP contribution in [0.3, 0.4) is 0 Å². The molecule has 2 atom stereocenters. The van der Waals surface area contributed by atoms with Gasteiger partial charge in [0.1, 0.15) is 0 Å². The van der Waals surface area contributed by atoms with E-state index < -0.39 is 0 Å². The molecule has 1 aliphatic heterocycles. The van der Waals surface area contributed by atoms with Gasteiger partial charge in [0.25, 0.3) is 0 Å². The van der Waals surface area contributed by atoms with Crippen LogP contribution in [0.2, 0.25) is 0 Å². The number of allylic oxidation sites excluding steroid dienone is 1. The molecule has 0 amide bonds. The standard InChI is InChI=1S/C11H21N/c1-6-11(4)10(3)7-9(2)8-12(11)5/h8,10H,6-7H2,1-5H3. The summed E-state index contributed by atoms with van der Waals surface area (Å²) in [5.74, 6) is 0.775. The van der Waals surface area contributed by atoms with E-state index in [1.54, 1.807) is 0 Å². The molecule has 0 aliphatic carbocycles. The van der Waals surface area contributed by atoms with Crippen molar-refractivity contribution in [3.05, 3.63) is 11.8 Å². The van der Waals surface area contributed by atoms with Crippen LogP contribution in [0.4, 0.5) is 0 Å². The molecule has 0 aromatic rings. The molecule has 0 aromatic carbocycles. The predicted molar refractivity (Wildman–Crippen MR) is 54.0 cm³/mol. The second-order valence-electron chi connectivity index (χ2n) is 4.40. The molecular formula is C11H21N. The Hall–Kier alpha value is -0.460. The van der Waals surface area contributed by atoms with E-state index in [0.717, 1.165) is 5.92 Å². The number of hydrogen-bond donors (Lipinski definition) is 0. The Labute approximate surface area is 76.5 Å². The van der Waals surface area contributed by atoms with Crippen LogP contribution in [0.25, 0.3) is 0 Å². The molecule has 1 nitrogen and oxygen atoms in total. The van der Waals surface area contributed by atoms with Gasteiger partial charge in [0, 0.05) is 12.6 Å². The first-order valence-corrected chi connectivity index (χ1v) is 4.91. The van der Waals surface area contributed by atoms with Gasteiger partial charge >= 0.3 is 0 Å². The fourth-order valence-electron chi connectivity index (χ4n) is 2.18. The average molecular weight is 167 g/mol. The van der Waals surface area contributed by atoms with Crippen LogP contribution in [0.1, 0.15) is 40.5 Å². The normalized spacial score (nSPS) is 36.6. The Morgan fingerprint density at radius 3 is 2.67 bits per heavy atom. The number of rotatable bonds is 1. The maximum Gasteiger partial charge on any atom is 0.0391 e. The average Bonchev–Trinajstić information content (AvgIpc) is 2.00. The Morgan fingerprint density at radius 2 is 2.25 bits per heavy atom. The van der Waals surface area contributed by atoms with Crippen LogP contribution >= 0.6 is 0 Å². The summed E-state index contributed by atoms with van der Waals surface area (Å²) in [6.07, 6.45) is 4.78. The van der Waals surface area contributed by atoms with E-state index in [1.807, 2.05) is 0 Å². The first-order valence-electron chi connectivity index (χ1n) is 4.91. The van der Waals surface area contributed by atoms with Gasteiger partial charge in [0.2, 0.25) is 0 Å². The summed E-state index contributed by atoms with van der Waals surface area (Å²) in [5.41, 5.74) is 1.88. The second-order valence-corrected chi connectivity index (χ2v) is 4.40. The highest BCUT2D eigenvalue weighted by atomic mass is 15.2. The van der Waals surface area contributed by atoms with Crippen molar-refractivity contribution in [2.45, 2.75) is 46.1 Å². The minimum Gasteiger partial charge on any atom is -0.375 e. The van der Waals surface area contributed by atoms with Crippen LogP contribution < -0.4 is 0 Å². The molecule has 70 valence electrons. The van der Waals surface area contributed by atoms with E-state index in [0.29, 0.717) is 5.54 Å². The Bertz CT molecular complexity index is 195. The summed E-state index contributed by atoms with van der Waals surface area (Å²) in [5, 5.41) is 0. The van der Waals surface area contributed by atoms with E-state index in [4.69, 9.17) is 0 Å². The lowest BCUT2D eigenvalue weighted by atomic mass is 9.77. The van der Waals surface area contributed by atoms with Gasteiger partial charge in [0.05, 0.1) is 0 Å². The summed E-state index contributed by atoms with van der Waals surface area (Å²) in [6.45, 7) is 9.22. The van der Waals surface area contributed by atoms with E-state index >= 15 is 0 Å². The first-order chi connectivity index (χ1) is 5.50. The lowest BCUT2D eigenvalue weighted by Gasteiger charge is -2.46. The monoisotopic (exact) mass is 167 g/mol. The minimum atomic E-state index is 0.375. The third-order valence-corrected chi connectivity index (χ3v) is 3.63. The second kappa shape index (κ2) is 3.12. The van der Waals surface area contributed by atoms with Crippen molar-refractivity contribution in [2.24, 2.45) is 5.92 Å². The molecule has 0 saturated carbocycles. The number of nitrogens with zero attached hydrogens (tertiary/aromatic N) is 1. The van der Waals surface area contributed by atoms with Crippen LogP contribution in [0, 0.1) is 5.92 Å². The molecule has 1 rings (SSSR count). The summed E-state index contributed by atoms with van der Waals surface area (Å²) in [4.78, 5) is 2.39. The van der Waals surface area contributed by atoms with Crippen molar-refractivity contribution in [1.29, 1.82) is 0 Å². The summed E-state index contributed by atoms with van der Waals surface area (Å²) in [7, 11) is 2.20. The Kier molecular flexibility index (Phi) is 2.50. The highest BCUT2D eigenvalue weighted by Crippen LogP contribution is 2.35. The molecule has 0 fully saturated rings. The van der Waals surface area contributed by atoms with Gasteiger partial charge in [-0.15, -0.1) is 0 Å². The van der Waals surface area contributed by atoms with Crippen molar-refractivity contribution >= 4 is 0 Å². The fourth-order valence-corrected chi connectivity index (χ4v) is 2.18. The Balaban J connectivity index is 2.89. The van der Waals surface area contributed by atoms with Crippen molar-refractivity contribution in [2.75, 3.05) is 7.05 Å². The zero-order valence-corrected chi connectivity index (χ0v) is 9.02. The zero-order valence-electron chi connectivity index (χ0n) is 9.02. The molecule has 0 radical (unpaired) electrons. The van der Waals surface area contributed by atoms with Gasteiger partial charge in [-0.1, -0.05) is 19.4 Å². The van der Waals surface area contributed by atoms with E-state index in [2.05, 4.69) is 45.8 Å². The third kappa shape index (κ3) is 1.37. The van der Waals surface area contributed by atoms with Gasteiger partial charge < -0.3 is 4.90 Å². The van der Waals surface area contributed by atoms with Gasteiger partial charge in [-0.2, -0.15) is 0 Å². The Morgan fingerprint density at radius 1 is 1.67 bits per heavy atom. The molecular weight excluding hydrogens is 146 g/mol. The molecule has 12 heavy (non-hydrogen) atoms. The van der Waals surface area contributed by atoms with Gasteiger partial charge in [-0.3, -0.25) is 0 Å². The topological polar surface area (TPSA) is 3.24 Å². The van der Waals surface area contributed by atoms with Crippen LogP contribution in [-0.2, 0) is 0 Å². The van der Waals surface area contributed by atoms with Gasteiger partial charge in [-0.05, 0) is 38.8 Å². The van der Waals surface area contributed by atoms with E-state index in [-0.39, 0.29) is 0 Å². The predicted octanol–water partition coefficient (Wildman–Crippen LogP) is 3.03. The van der Waals surface area contributed by atoms with Crippen molar-refractivity contribution in [3.8, 4) is 0 Å². The molecule has 0 saturated heterocycles. The van der Waals surface area contributed by atoms with Crippen molar-refractivity contribution in [3.63, 3.8) is 0 Å². The number of hydrogen-bond acceptors (Lipinski definition) is 1. The SMILES string of the molecule is CCC1(C)C(C)CC(C)=CN1C. The molecule has 1 heterocycles. The first kappa shape index (κ1) is 9.63. The van der Waals surface area contributed by atoms with E-state index in [9.17, 15) is 0 Å². The maximum atomic E-state index is 2.39. The van der Waals surface area contributed by atoms with Crippen LogP contribution in [-0.4, -0.2) is 17.5 Å². The molecule has 0 N–H and O–H groups in total. The molecule has 1 heteroatoms. The highest BCUT2D eigenvalue weighted by molar-refractivity contribution is 5.10. The van der Waals surface area contributed by atoms with Crippen molar-refractivity contribution in [1.82, 2.24) is 4.90 Å². The summed E-state index contributed by atoms with van der Waals surface area (Å²) in [6, 6.07) is 0. The smallest absolute Gasteiger partial charge is 0.0391 e. The molecule has 0 bridgehead atoms. The largest absolute Gasteiger partial charge is 0.375 e. The minimum absolute atomic E-state index is 0.375. The molecule has 2 unspecified atom stereocenters. The van der Waals surface area contributed by atoms with Gasteiger partial charge in [-0.25, -0.2) is 0 Å². The lowest BCUT2D eigenvalue weighted by molar-refractivity contribution is 0.105. The van der Waals surface area contributed by atoms with Gasteiger partial charge in [0.15, 0.2) is 0 Å². The van der Waals surface area contributed by atoms with Crippen LogP contribution in [0.5, 0.6) is 0 Å². The fraction of sp³-hybridized carbons (Fsp3) is 0.818. The lowest BCUT2D eigenvalue weighted by Crippen LogP contribution is -2.48. The molecule has 0 aromatic heterocycles. The quantitative estimate of drug-likeness (QED) is 0.580. The highest BCUT2D eigenvalue weighted by Gasteiger charge is 2.34. The van der Waals surface area contributed by atoms with Crippen LogP contribution in [0.15, 0.2) is 11.8 Å². The summed E-state index contributed by atoms with van der Waals surface area (Å²) >= 11 is 0. The summed E-state index contributed by atoms with van der Waals surface area (Å²) < 4.78 is 0. The third-order valence-electron chi connectivity index (χ3n) is 3.63. The molecule has 0 spiro atoms. The molecule has 1 aliphatic rings.